The maximum atomic E-state index is 12.5. The van der Waals surface area contributed by atoms with E-state index < -0.39 is 5.60 Å². The summed E-state index contributed by atoms with van der Waals surface area (Å²) >= 11 is 0. The first-order valence-corrected chi connectivity index (χ1v) is 12.4. The smallest absolute Gasteiger partial charge is 0.115 e. The van der Waals surface area contributed by atoms with Crippen LogP contribution in [0, 0.1) is 5.92 Å². The SMILES string of the molecule is Cn1cnc(CCN2CC[C@]34CCN(CC5CC5)[C@H](Cc5ccc(O)cc53)[C@]4(O)CC2)c1. The number of likely N-dealkylation sites (tertiary alicyclic amines) is 2. The van der Waals surface area contributed by atoms with Gasteiger partial charge in [-0.2, -0.15) is 0 Å². The number of benzene rings is 1. The third kappa shape index (κ3) is 3.30. The van der Waals surface area contributed by atoms with E-state index in [0.29, 0.717) is 5.75 Å². The molecule has 0 spiro atoms. The predicted octanol–water partition coefficient (Wildman–Crippen LogP) is 2.47. The van der Waals surface area contributed by atoms with E-state index in [0.717, 1.165) is 76.4 Å². The fourth-order valence-electron chi connectivity index (χ4n) is 7.00. The second-order valence-corrected chi connectivity index (χ2v) is 10.9. The molecule has 3 atom stereocenters. The Kier molecular flexibility index (Phi) is 4.90. The van der Waals surface area contributed by atoms with Crippen molar-refractivity contribution in [3.05, 3.63) is 47.5 Å². The first-order valence-electron chi connectivity index (χ1n) is 12.4. The van der Waals surface area contributed by atoms with E-state index in [1.54, 1.807) is 0 Å². The van der Waals surface area contributed by atoms with E-state index in [1.807, 2.05) is 30.1 Å². The lowest BCUT2D eigenvalue weighted by Crippen LogP contribution is -2.71. The largest absolute Gasteiger partial charge is 0.508 e. The minimum absolute atomic E-state index is 0.185. The van der Waals surface area contributed by atoms with Gasteiger partial charge in [0.2, 0.25) is 0 Å². The molecular weight excluding hydrogens is 400 g/mol. The number of aliphatic hydroxyl groups is 1. The van der Waals surface area contributed by atoms with E-state index in [2.05, 4.69) is 27.0 Å². The Labute approximate surface area is 190 Å². The minimum Gasteiger partial charge on any atom is -0.508 e. The molecule has 2 N–H and O–H groups in total. The molecule has 0 radical (unpaired) electrons. The molecule has 0 amide bonds. The van der Waals surface area contributed by atoms with Crippen LogP contribution in [0.5, 0.6) is 5.75 Å². The van der Waals surface area contributed by atoms with E-state index in [-0.39, 0.29) is 11.5 Å². The quantitative estimate of drug-likeness (QED) is 0.754. The molecule has 1 aromatic heterocycles. The van der Waals surface area contributed by atoms with Gasteiger partial charge in [-0.25, -0.2) is 4.98 Å². The average molecular weight is 437 g/mol. The third-order valence-electron chi connectivity index (χ3n) is 8.96. The number of fused-ring (bicyclic) bond motifs is 1. The summed E-state index contributed by atoms with van der Waals surface area (Å²) < 4.78 is 2.01. The zero-order valence-electron chi connectivity index (χ0n) is 19.2. The van der Waals surface area contributed by atoms with Gasteiger partial charge in [0.25, 0.3) is 0 Å². The van der Waals surface area contributed by atoms with Crippen LogP contribution >= 0.6 is 0 Å². The molecule has 1 saturated carbocycles. The molecule has 2 aliphatic heterocycles. The Morgan fingerprint density at radius 1 is 1.12 bits per heavy atom. The van der Waals surface area contributed by atoms with Crippen molar-refractivity contribution in [1.29, 1.82) is 0 Å². The summed E-state index contributed by atoms with van der Waals surface area (Å²) in [7, 11) is 2.02. The Bertz CT molecular complexity index is 1000. The fourth-order valence-corrected chi connectivity index (χ4v) is 7.00. The van der Waals surface area contributed by atoms with E-state index in [4.69, 9.17) is 0 Å². The molecule has 2 aromatic rings. The average Bonchev–Trinajstić information content (AvgIpc) is 3.52. The van der Waals surface area contributed by atoms with Gasteiger partial charge in [0, 0.05) is 50.8 Å². The van der Waals surface area contributed by atoms with E-state index in [1.165, 1.54) is 24.0 Å². The lowest BCUT2D eigenvalue weighted by molar-refractivity contribution is -0.149. The van der Waals surface area contributed by atoms with Gasteiger partial charge in [-0.1, -0.05) is 6.07 Å². The maximum absolute atomic E-state index is 12.5. The molecule has 172 valence electrons. The molecule has 2 saturated heterocycles. The standard InChI is InChI=1S/C26H36N4O2/c1-28-17-21(27-18-28)6-10-29-11-7-25-8-13-30(16-19-2-3-19)24(26(25,32)9-12-29)14-20-4-5-22(31)15-23(20)25/h4-5,15,17-19,24,31-32H,2-3,6-14,16H2,1H3/t24-,25+,26-/m1/s1. The van der Waals surface area contributed by atoms with Crippen LogP contribution in [0.1, 0.15) is 48.9 Å². The first kappa shape index (κ1) is 20.7. The molecule has 1 aromatic carbocycles. The molecule has 2 bridgehead atoms. The van der Waals surface area contributed by atoms with Crippen molar-refractivity contribution in [2.24, 2.45) is 13.0 Å². The van der Waals surface area contributed by atoms with Crippen LogP contribution in [0.2, 0.25) is 0 Å². The number of piperidine rings is 1. The Morgan fingerprint density at radius 2 is 1.94 bits per heavy atom. The van der Waals surface area contributed by atoms with Gasteiger partial charge >= 0.3 is 0 Å². The van der Waals surface area contributed by atoms with Crippen LogP contribution in [-0.2, 0) is 25.3 Å². The highest BCUT2D eigenvalue weighted by Gasteiger charge is 2.63. The summed E-state index contributed by atoms with van der Waals surface area (Å²) in [6.45, 7) is 5.09. The summed E-state index contributed by atoms with van der Waals surface area (Å²) in [5.41, 5.74) is 2.69. The van der Waals surface area contributed by atoms with E-state index >= 15 is 0 Å². The van der Waals surface area contributed by atoms with Gasteiger partial charge < -0.3 is 19.7 Å². The van der Waals surface area contributed by atoms with Crippen molar-refractivity contribution >= 4 is 0 Å². The number of aryl methyl sites for hydroxylation is 1. The molecule has 6 rings (SSSR count). The number of aromatic nitrogens is 2. The van der Waals surface area contributed by atoms with Crippen LogP contribution in [0.25, 0.3) is 0 Å². The van der Waals surface area contributed by atoms with E-state index in [9.17, 15) is 10.2 Å². The Morgan fingerprint density at radius 3 is 2.72 bits per heavy atom. The lowest BCUT2D eigenvalue weighted by atomic mass is 9.52. The number of imidazole rings is 1. The first-order chi connectivity index (χ1) is 15.5. The lowest BCUT2D eigenvalue weighted by Gasteiger charge is -2.61. The van der Waals surface area contributed by atoms with Crippen LogP contribution in [0.3, 0.4) is 0 Å². The van der Waals surface area contributed by atoms with Crippen LogP contribution < -0.4 is 0 Å². The van der Waals surface area contributed by atoms with Crippen molar-refractivity contribution in [2.75, 3.05) is 32.7 Å². The number of aromatic hydroxyl groups is 1. The number of nitrogens with zero attached hydrogens (tertiary/aromatic N) is 4. The van der Waals surface area contributed by atoms with Crippen molar-refractivity contribution < 1.29 is 10.2 Å². The number of phenols is 1. The number of hydrogen-bond donors (Lipinski definition) is 2. The highest BCUT2D eigenvalue weighted by molar-refractivity contribution is 5.48. The number of rotatable bonds is 5. The van der Waals surface area contributed by atoms with Gasteiger partial charge in [-0.3, -0.25) is 4.90 Å². The van der Waals surface area contributed by atoms with Gasteiger partial charge in [0.05, 0.1) is 17.6 Å². The molecule has 3 heterocycles. The van der Waals surface area contributed by atoms with Crippen molar-refractivity contribution in [1.82, 2.24) is 19.4 Å². The summed E-state index contributed by atoms with van der Waals surface area (Å²) in [6.07, 6.45) is 11.2. The van der Waals surface area contributed by atoms with Crippen LogP contribution in [0.15, 0.2) is 30.7 Å². The molecule has 3 fully saturated rings. The van der Waals surface area contributed by atoms with Crippen molar-refractivity contribution in [3.63, 3.8) is 0 Å². The molecule has 4 aliphatic rings. The zero-order valence-corrected chi connectivity index (χ0v) is 19.2. The molecule has 0 unspecified atom stereocenters. The van der Waals surface area contributed by atoms with Crippen molar-refractivity contribution in [3.8, 4) is 5.75 Å². The highest BCUT2D eigenvalue weighted by Crippen LogP contribution is 2.56. The zero-order chi connectivity index (χ0) is 21.9. The number of hydrogen-bond acceptors (Lipinski definition) is 5. The van der Waals surface area contributed by atoms with Gasteiger partial charge in [-0.05, 0) is 80.8 Å². The Balaban J connectivity index is 1.31. The van der Waals surface area contributed by atoms with Gasteiger partial charge in [0.15, 0.2) is 0 Å². The molecule has 6 nitrogen and oxygen atoms in total. The van der Waals surface area contributed by atoms with Crippen LogP contribution in [0.4, 0.5) is 0 Å². The van der Waals surface area contributed by atoms with Gasteiger partial charge in [0.1, 0.15) is 5.75 Å². The molecule has 2 aliphatic carbocycles. The maximum Gasteiger partial charge on any atom is 0.115 e. The summed E-state index contributed by atoms with van der Waals surface area (Å²) in [4.78, 5) is 9.65. The second-order valence-electron chi connectivity index (χ2n) is 10.9. The highest BCUT2D eigenvalue weighted by atomic mass is 16.3. The topological polar surface area (TPSA) is 64.8 Å². The fraction of sp³-hybridized carbons (Fsp3) is 0.654. The van der Waals surface area contributed by atoms with Crippen LogP contribution in [-0.4, -0.2) is 73.9 Å². The monoisotopic (exact) mass is 436 g/mol. The van der Waals surface area contributed by atoms with Gasteiger partial charge in [-0.15, -0.1) is 0 Å². The summed E-state index contributed by atoms with van der Waals surface area (Å²) in [6, 6.07) is 6.10. The third-order valence-corrected chi connectivity index (χ3v) is 8.96. The number of phenolic OH excluding ortho intramolecular Hbond substituents is 1. The Hall–Kier alpha value is -1.89. The minimum atomic E-state index is -0.735. The van der Waals surface area contributed by atoms with Crippen molar-refractivity contribution in [2.45, 2.75) is 62.0 Å². The molecular formula is C26H36N4O2. The summed E-state index contributed by atoms with van der Waals surface area (Å²) in [5, 5.41) is 22.9. The molecule has 6 heteroatoms. The molecule has 32 heavy (non-hydrogen) atoms. The second kappa shape index (κ2) is 7.57. The predicted molar refractivity (Wildman–Crippen MR) is 124 cm³/mol. The normalized spacial score (nSPS) is 32.9. The summed E-state index contributed by atoms with van der Waals surface area (Å²) in [5.74, 6) is 1.16.